The number of benzene rings is 2. The summed E-state index contributed by atoms with van der Waals surface area (Å²) in [4.78, 5) is 15.3. The van der Waals surface area contributed by atoms with Crippen LogP contribution in [0.5, 0.6) is 11.5 Å². The van der Waals surface area contributed by atoms with Crippen LogP contribution in [0.15, 0.2) is 36.1 Å². The van der Waals surface area contributed by atoms with Gasteiger partial charge in [-0.3, -0.25) is 9.69 Å². The first-order chi connectivity index (χ1) is 13.4. The molecule has 0 saturated carbocycles. The lowest BCUT2D eigenvalue weighted by Gasteiger charge is -2.22. The molecular weight excluding hydrogens is 350 g/mol. The van der Waals surface area contributed by atoms with Crippen LogP contribution in [-0.2, 0) is 6.54 Å². The minimum atomic E-state index is -0.119. The number of ketones is 1. The molecule has 2 aromatic rings. The van der Waals surface area contributed by atoms with Gasteiger partial charge < -0.3 is 9.84 Å². The number of carbonyl (C=O) groups is 1. The van der Waals surface area contributed by atoms with Crippen LogP contribution in [0.3, 0.4) is 0 Å². The number of aryl methyl sites for hydroxylation is 2. The fourth-order valence-electron chi connectivity index (χ4n) is 3.67. The SMILES string of the molecule is CCCN(CCC)Cc1c(O)cc(C)c2c1O/C(=C/c1ccc(C)cc1)C2=O. The Hall–Kier alpha value is -2.59. The van der Waals surface area contributed by atoms with Gasteiger partial charge in [0.25, 0.3) is 0 Å². The van der Waals surface area contributed by atoms with Gasteiger partial charge in [0.15, 0.2) is 5.76 Å². The predicted octanol–water partition coefficient (Wildman–Crippen LogP) is 5.25. The van der Waals surface area contributed by atoms with Crippen LogP contribution < -0.4 is 4.74 Å². The fourth-order valence-corrected chi connectivity index (χ4v) is 3.67. The highest BCUT2D eigenvalue weighted by molar-refractivity contribution is 6.15. The topological polar surface area (TPSA) is 49.8 Å². The Kier molecular flexibility index (Phi) is 6.20. The Labute approximate surface area is 167 Å². The molecular formula is C24H29NO3. The van der Waals surface area contributed by atoms with E-state index in [0.29, 0.717) is 29.2 Å². The van der Waals surface area contributed by atoms with E-state index in [2.05, 4.69) is 18.7 Å². The molecule has 4 heteroatoms. The number of carbonyl (C=O) groups excluding carboxylic acids is 1. The van der Waals surface area contributed by atoms with Crippen LogP contribution in [0.1, 0.15) is 59.3 Å². The number of aromatic hydroxyl groups is 1. The maximum atomic E-state index is 13.0. The number of ether oxygens (including phenoxy) is 1. The molecule has 0 saturated heterocycles. The van der Waals surface area contributed by atoms with Crippen molar-refractivity contribution in [3.63, 3.8) is 0 Å². The normalized spacial score (nSPS) is 14.6. The maximum absolute atomic E-state index is 13.0. The summed E-state index contributed by atoms with van der Waals surface area (Å²) in [6.45, 7) is 10.6. The van der Waals surface area contributed by atoms with Gasteiger partial charge >= 0.3 is 0 Å². The average Bonchev–Trinajstić information content (AvgIpc) is 2.97. The first kappa shape index (κ1) is 20.2. The Bertz CT molecular complexity index is 891. The van der Waals surface area contributed by atoms with E-state index in [1.807, 2.05) is 38.1 Å². The molecule has 4 nitrogen and oxygen atoms in total. The number of rotatable bonds is 7. The second kappa shape index (κ2) is 8.61. The number of phenols is 1. The van der Waals surface area contributed by atoms with Crippen LogP contribution in [0.4, 0.5) is 0 Å². The van der Waals surface area contributed by atoms with Gasteiger partial charge in [-0.05, 0) is 63.0 Å². The maximum Gasteiger partial charge on any atom is 0.232 e. The predicted molar refractivity (Wildman–Crippen MR) is 113 cm³/mol. The zero-order chi connectivity index (χ0) is 20.3. The Morgan fingerprint density at radius 1 is 1.07 bits per heavy atom. The van der Waals surface area contributed by atoms with Gasteiger partial charge in [0.05, 0.1) is 11.1 Å². The van der Waals surface area contributed by atoms with E-state index < -0.39 is 0 Å². The summed E-state index contributed by atoms with van der Waals surface area (Å²) in [6.07, 6.45) is 3.85. The van der Waals surface area contributed by atoms with E-state index in [1.54, 1.807) is 12.1 Å². The lowest BCUT2D eigenvalue weighted by atomic mass is 9.99. The summed E-state index contributed by atoms with van der Waals surface area (Å²) in [7, 11) is 0. The Morgan fingerprint density at radius 3 is 2.32 bits per heavy atom. The van der Waals surface area contributed by atoms with Crippen molar-refractivity contribution < 1.29 is 14.6 Å². The van der Waals surface area contributed by atoms with Crippen LogP contribution in [-0.4, -0.2) is 28.9 Å². The van der Waals surface area contributed by atoms with Crippen molar-refractivity contribution in [1.82, 2.24) is 4.90 Å². The first-order valence-electron chi connectivity index (χ1n) is 10.0. The standard InChI is InChI=1S/C24H29NO3/c1-5-11-25(12-6-2)15-19-20(26)13-17(4)22-23(27)21(28-24(19)22)14-18-9-7-16(3)8-10-18/h7-10,13-14,26H,5-6,11-12,15H2,1-4H3/b21-14+. The molecule has 0 amide bonds. The lowest BCUT2D eigenvalue weighted by molar-refractivity contribution is 0.101. The molecule has 0 aromatic heterocycles. The zero-order valence-corrected chi connectivity index (χ0v) is 17.2. The average molecular weight is 380 g/mol. The largest absolute Gasteiger partial charge is 0.507 e. The smallest absolute Gasteiger partial charge is 0.232 e. The monoisotopic (exact) mass is 379 g/mol. The molecule has 0 aliphatic carbocycles. The van der Waals surface area contributed by atoms with E-state index in [4.69, 9.17) is 4.74 Å². The summed E-state index contributed by atoms with van der Waals surface area (Å²) in [5.41, 5.74) is 4.09. The molecule has 0 spiro atoms. The molecule has 2 aromatic carbocycles. The van der Waals surface area contributed by atoms with Crippen molar-refractivity contribution >= 4 is 11.9 Å². The van der Waals surface area contributed by atoms with E-state index in [-0.39, 0.29) is 11.5 Å². The number of hydrogen-bond acceptors (Lipinski definition) is 4. The second-order valence-electron chi connectivity index (χ2n) is 7.52. The number of fused-ring (bicyclic) bond motifs is 1. The van der Waals surface area contributed by atoms with E-state index in [0.717, 1.165) is 37.1 Å². The fraction of sp³-hybridized carbons (Fsp3) is 0.375. The summed E-state index contributed by atoms with van der Waals surface area (Å²) in [6, 6.07) is 9.64. The minimum Gasteiger partial charge on any atom is -0.507 e. The molecule has 0 atom stereocenters. The number of allylic oxidation sites excluding steroid dienone is 1. The van der Waals surface area contributed by atoms with Gasteiger partial charge in [0, 0.05) is 6.54 Å². The van der Waals surface area contributed by atoms with Crippen molar-refractivity contribution in [2.75, 3.05) is 13.1 Å². The van der Waals surface area contributed by atoms with Crippen LogP contribution >= 0.6 is 0 Å². The molecule has 0 bridgehead atoms. The zero-order valence-electron chi connectivity index (χ0n) is 17.2. The molecule has 1 aliphatic heterocycles. The van der Waals surface area contributed by atoms with Crippen molar-refractivity contribution in [2.24, 2.45) is 0 Å². The van der Waals surface area contributed by atoms with Crippen molar-refractivity contribution in [3.8, 4) is 11.5 Å². The van der Waals surface area contributed by atoms with E-state index in [1.165, 1.54) is 5.56 Å². The molecule has 1 aliphatic rings. The van der Waals surface area contributed by atoms with Crippen molar-refractivity contribution in [1.29, 1.82) is 0 Å². The third-order valence-electron chi connectivity index (χ3n) is 5.06. The highest BCUT2D eigenvalue weighted by Gasteiger charge is 2.33. The third kappa shape index (κ3) is 4.12. The highest BCUT2D eigenvalue weighted by Crippen LogP contribution is 2.42. The number of hydrogen-bond donors (Lipinski definition) is 1. The summed E-state index contributed by atoms with van der Waals surface area (Å²) >= 11 is 0. The van der Waals surface area contributed by atoms with E-state index >= 15 is 0 Å². The molecule has 0 fully saturated rings. The Morgan fingerprint density at radius 2 is 1.71 bits per heavy atom. The molecule has 3 rings (SSSR count). The molecule has 0 unspecified atom stereocenters. The molecule has 148 valence electrons. The van der Waals surface area contributed by atoms with Crippen LogP contribution in [0.2, 0.25) is 0 Å². The van der Waals surface area contributed by atoms with Gasteiger partial charge in [-0.1, -0.05) is 43.7 Å². The summed E-state index contributed by atoms with van der Waals surface area (Å²) in [5, 5.41) is 10.6. The van der Waals surface area contributed by atoms with Gasteiger partial charge in [-0.25, -0.2) is 0 Å². The van der Waals surface area contributed by atoms with Gasteiger partial charge in [-0.2, -0.15) is 0 Å². The Balaban J connectivity index is 1.98. The number of phenolic OH excluding ortho intramolecular Hbond substituents is 1. The lowest BCUT2D eigenvalue weighted by Crippen LogP contribution is -2.25. The highest BCUT2D eigenvalue weighted by atomic mass is 16.5. The van der Waals surface area contributed by atoms with E-state index in [9.17, 15) is 9.90 Å². The minimum absolute atomic E-state index is 0.119. The second-order valence-corrected chi connectivity index (χ2v) is 7.52. The van der Waals surface area contributed by atoms with Crippen LogP contribution in [0.25, 0.3) is 6.08 Å². The first-order valence-corrected chi connectivity index (χ1v) is 10.0. The van der Waals surface area contributed by atoms with Gasteiger partial charge in [0.1, 0.15) is 11.5 Å². The molecule has 1 heterocycles. The van der Waals surface area contributed by atoms with Crippen molar-refractivity contribution in [2.45, 2.75) is 47.1 Å². The number of Topliss-reactive ketones (excluding diaryl/α,β-unsaturated/α-hetero) is 1. The van der Waals surface area contributed by atoms with Crippen LogP contribution in [0, 0.1) is 13.8 Å². The molecule has 1 N–H and O–H groups in total. The quantitative estimate of drug-likeness (QED) is 0.668. The number of nitrogens with zero attached hydrogens (tertiary/aromatic N) is 1. The third-order valence-corrected chi connectivity index (χ3v) is 5.06. The van der Waals surface area contributed by atoms with Gasteiger partial charge in [-0.15, -0.1) is 0 Å². The molecule has 28 heavy (non-hydrogen) atoms. The summed E-state index contributed by atoms with van der Waals surface area (Å²) < 4.78 is 6.03. The molecule has 0 radical (unpaired) electrons. The summed E-state index contributed by atoms with van der Waals surface area (Å²) in [5.74, 6) is 0.897. The van der Waals surface area contributed by atoms with Crippen molar-refractivity contribution in [3.05, 3.63) is 63.9 Å². The van der Waals surface area contributed by atoms with Gasteiger partial charge in [0.2, 0.25) is 5.78 Å².